The van der Waals surface area contributed by atoms with Crippen LogP contribution in [-0.2, 0) is 21.7 Å². The number of benzene rings is 1. The highest BCUT2D eigenvalue weighted by Crippen LogP contribution is 2.38. The van der Waals surface area contributed by atoms with E-state index in [1.807, 2.05) is 24.3 Å². The van der Waals surface area contributed by atoms with Crippen LogP contribution < -0.4 is 0 Å². The van der Waals surface area contributed by atoms with Gasteiger partial charge in [-0.25, -0.2) is 4.21 Å². The number of aryl methyl sites for hydroxylation is 1. The van der Waals surface area contributed by atoms with Crippen molar-refractivity contribution < 1.29 is 12.8 Å². The monoisotopic (exact) mass is 236 g/mol. The van der Waals surface area contributed by atoms with E-state index in [9.17, 15) is 8.60 Å². The van der Waals surface area contributed by atoms with Crippen LogP contribution in [-0.4, -0.2) is 4.21 Å². The van der Waals surface area contributed by atoms with Crippen LogP contribution in [0.15, 0.2) is 41.3 Å². The normalized spacial score (nSPS) is 23.1. The third kappa shape index (κ3) is 1.41. The maximum atomic E-state index is 13.1. The number of rotatable bonds is 0. The van der Waals surface area contributed by atoms with Gasteiger partial charge in [0.25, 0.3) is 6.01 Å². The Balaban J connectivity index is 2.23. The molecule has 1 unspecified atom stereocenters. The van der Waals surface area contributed by atoms with Crippen molar-refractivity contribution in [1.29, 1.82) is 0 Å². The van der Waals surface area contributed by atoms with Crippen molar-refractivity contribution in [2.24, 2.45) is 0 Å². The third-order valence-corrected chi connectivity index (χ3v) is 3.98. The lowest BCUT2D eigenvalue weighted by atomic mass is 9.90. The summed E-state index contributed by atoms with van der Waals surface area (Å²) in [5.74, 6) is 0. The van der Waals surface area contributed by atoms with Crippen molar-refractivity contribution in [2.75, 3.05) is 0 Å². The number of halogens is 1. The number of hydrogen-bond acceptors (Lipinski definition) is 2. The lowest BCUT2D eigenvalue weighted by Gasteiger charge is -2.23. The molecule has 4 heteroatoms. The molecular formula is C12H9FO2S. The minimum Gasteiger partial charge on any atom is -0.367 e. The fourth-order valence-electron chi connectivity index (χ4n) is 2.13. The van der Waals surface area contributed by atoms with Gasteiger partial charge in [-0.2, -0.15) is 4.39 Å². The van der Waals surface area contributed by atoms with E-state index in [2.05, 4.69) is 4.18 Å². The van der Waals surface area contributed by atoms with Crippen molar-refractivity contribution in [3.8, 4) is 0 Å². The van der Waals surface area contributed by atoms with E-state index in [0.29, 0.717) is 11.3 Å². The maximum Gasteiger partial charge on any atom is 0.288 e. The summed E-state index contributed by atoms with van der Waals surface area (Å²) in [6, 6.07) is 7.03. The highest BCUT2D eigenvalue weighted by Gasteiger charge is 2.27. The van der Waals surface area contributed by atoms with E-state index >= 15 is 0 Å². The molecule has 1 heterocycles. The van der Waals surface area contributed by atoms with Gasteiger partial charge in [0, 0.05) is 11.6 Å². The zero-order valence-electron chi connectivity index (χ0n) is 8.40. The summed E-state index contributed by atoms with van der Waals surface area (Å²) in [7, 11) is 0. The lowest BCUT2D eigenvalue weighted by molar-refractivity contribution is 0.326. The number of hydrogen-bond donors (Lipinski definition) is 0. The summed E-state index contributed by atoms with van der Waals surface area (Å²) in [5.41, 5.74) is 2.86. The van der Waals surface area contributed by atoms with Gasteiger partial charge in [-0.3, -0.25) is 0 Å². The van der Waals surface area contributed by atoms with E-state index in [1.54, 1.807) is 0 Å². The lowest BCUT2D eigenvalue weighted by Crippen LogP contribution is -2.12. The van der Waals surface area contributed by atoms with Gasteiger partial charge in [0.05, 0.1) is 4.91 Å². The third-order valence-electron chi connectivity index (χ3n) is 2.84. The standard InChI is InChI=1S/C12H9FO2S/c13-12-7-10-9-4-2-1-3-8(9)5-6-11(10)16(14)15-12/h1-4,7H,5-6H2. The zero-order valence-corrected chi connectivity index (χ0v) is 9.22. The van der Waals surface area contributed by atoms with E-state index in [-0.39, 0.29) is 0 Å². The molecule has 16 heavy (non-hydrogen) atoms. The van der Waals surface area contributed by atoms with E-state index < -0.39 is 17.1 Å². The molecular weight excluding hydrogens is 227 g/mol. The van der Waals surface area contributed by atoms with Gasteiger partial charge in [0.2, 0.25) is 11.1 Å². The summed E-state index contributed by atoms with van der Waals surface area (Å²) < 4.78 is 29.3. The second kappa shape index (κ2) is 3.56. The zero-order chi connectivity index (χ0) is 11.1. The second-order valence-corrected chi connectivity index (χ2v) is 4.89. The predicted molar refractivity (Wildman–Crippen MR) is 60.1 cm³/mol. The highest BCUT2D eigenvalue weighted by molar-refractivity contribution is 7.84. The average Bonchev–Trinajstić information content (AvgIpc) is 2.28. The van der Waals surface area contributed by atoms with Crippen molar-refractivity contribution in [3.05, 3.63) is 52.4 Å². The molecule has 0 spiro atoms. The summed E-state index contributed by atoms with van der Waals surface area (Å²) in [6.07, 6.45) is 2.83. The largest absolute Gasteiger partial charge is 0.367 e. The first-order valence-corrected chi connectivity index (χ1v) is 6.12. The van der Waals surface area contributed by atoms with Gasteiger partial charge < -0.3 is 4.18 Å². The van der Waals surface area contributed by atoms with Crippen molar-refractivity contribution in [1.82, 2.24) is 0 Å². The molecule has 1 atom stereocenters. The molecule has 1 aromatic carbocycles. The molecule has 0 amide bonds. The van der Waals surface area contributed by atoms with E-state index in [4.69, 9.17) is 0 Å². The average molecular weight is 236 g/mol. The maximum absolute atomic E-state index is 13.1. The highest BCUT2D eigenvalue weighted by atomic mass is 32.2. The summed E-state index contributed by atoms with van der Waals surface area (Å²) >= 11 is -1.66. The Morgan fingerprint density at radius 2 is 2.06 bits per heavy atom. The molecule has 82 valence electrons. The smallest absolute Gasteiger partial charge is 0.288 e. The Kier molecular flexibility index (Phi) is 2.17. The summed E-state index contributed by atoms with van der Waals surface area (Å²) in [6.45, 7) is 0. The number of fused-ring (bicyclic) bond motifs is 2. The van der Waals surface area contributed by atoms with Gasteiger partial charge >= 0.3 is 0 Å². The van der Waals surface area contributed by atoms with Gasteiger partial charge in [-0.05, 0) is 24.0 Å². The molecule has 0 saturated carbocycles. The molecule has 3 rings (SSSR count). The van der Waals surface area contributed by atoms with Gasteiger partial charge in [0.15, 0.2) is 0 Å². The molecule has 1 aliphatic carbocycles. The molecule has 1 aromatic rings. The molecule has 0 saturated heterocycles. The molecule has 0 bridgehead atoms. The van der Waals surface area contributed by atoms with Gasteiger partial charge in [0.1, 0.15) is 0 Å². The van der Waals surface area contributed by atoms with Crippen molar-refractivity contribution in [2.45, 2.75) is 12.8 Å². The van der Waals surface area contributed by atoms with E-state index in [0.717, 1.165) is 17.6 Å². The van der Waals surface area contributed by atoms with Crippen LogP contribution in [0.5, 0.6) is 0 Å². The molecule has 0 N–H and O–H groups in total. The van der Waals surface area contributed by atoms with Crippen LogP contribution in [0.2, 0.25) is 0 Å². The summed E-state index contributed by atoms with van der Waals surface area (Å²) in [4.78, 5) is 0.695. The van der Waals surface area contributed by atoms with Crippen LogP contribution >= 0.6 is 0 Å². The fraction of sp³-hybridized carbons (Fsp3) is 0.167. The Morgan fingerprint density at radius 3 is 2.94 bits per heavy atom. The molecule has 2 nitrogen and oxygen atoms in total. The molecule has 0 aromatic heterocycles. The Labute approximate surface area is 95.1 Å². The second-order valence-electron chi connectivity index (χ2n) is 3.76. The molecule has 0 radical (unpaired) electrons. The van der Waals surface area contributed by atoms with Crippen molar-refractivity contribution in [3.63, 3.8) is 0 Å². The van der Waals surface area contributed by atoms with Crippen LogP contribution in [0.25, 0.3) is 5.57 Å². The van der Waals surface area contributed by atoms with Gasteiger partial charge in [-0.1, -0.05) is 24.3 Å². The molecule has 2 aliphatic rings. The summed E-state index contributed by atoms with van der Waals surface area (Å²) in [5, 5.41) is 0. The minimum atomic E-state index is -1.66. The van der Waals surface area contributed by atoms with Gasteiger partial charge in [-0.15, -0.1) is 0 Å². The van der Waals surface area contributed by atoms with Crippen LogP contribution in [0.4, 0.5) is 4.39 Å². The Hall–Kier alpha value is -1.42. The minimum absolute atomic E-state index is 0.669. The first-order chi connectivity index (χ1) is 7.75. The number of allylic oxidation sites excluding steroid dienone is 3. The quantitative estimate of drug-likeness (QED) is 0.692. The Morgan fingerprint density at radius 1 is 1.25 bits per heavy atom. The molecule has 0 fully saturated rings. The first kappa shape index (κ1) is 9.78. The van der Waals surface area contributed by atoms with Crippen LogP contribution in [0.1, 0.15) is 17.5 Å². The van der Waals surface area contributed by atoms with Crippen LogP contribution in [0, 0.1) is 0 Å². The van der Waals surface area contributed by atoms with E-state index in [1.165, 1.54) is 11.6 Å². The topological polar surface area (TPSA) is 26.3 Å². The Bertz CT molecular complexity index is 546. The fourth-order valence-corrected chi connectivity index (χ4v) is 3.04. The molecule has 1 aliphatic heterocycles. The van der Waals surface area contributed by atoms with Crippen molar-refractivity contribution >= 4 is 16.7 Å². The predicted octanol–water partition coefficient (Wildman–Crippen LogP) is 2.85. The first-order valence-electron chi connectivity index (χ1n) is 5.04. The van der Waals surface area contributed by atoms with Crippen LogP contribution in [0.3, 0.4) is 0 Å². The SMILES string of the molecule is O=S1OC(F)=CC2=C1CCc1ccccc12.